The van der Waals surface area contributed by atoms with Gasteiger partial charge in [-0.3, -0.25) is 9.48 Å². The SMILES string of the molecule is Cc1cc(NC(=O)C(C)C2CNC2)n(C)n1.Cl. The average molecular weight is 259 g/mol. The standard InChI is InChI=1S/C11H18N4O.ClH/c1-7-4-10(15(3)14-7)13-11(16)8(2)9-5-12-6-9;/h4,8-9,12H,5-6H2,1-3H3,(H,13,16);1H. The van der Waals surface area contributed by atoms with E-state index >= 15 is 0 Å². The smallest absolute Gasteiger partial charge is 0.228 e. The zero-order valence-electron chi connectivity index (χ0n) is 10.4. The van der Waals surface area contributed by atoms with Gasteiger partial charge in [0.1, 0.15) is 5.82 Å². The van der Waals surface area contributed by atoms with Gasteiger partial charge in [-0.15, -0.1) is 12.4 Å². The maximum Gasteiger partial charge on any atom is 0.228 e. The van der Waals surface area contributed by atoms with Gasteiger partial charge in [-0.25, -0.2) is 0 Å². The largest absolute Gasteiger partial charge is 0.316 e. The maximum atomic E-state index is 11.9. The Labute approximate surface area is 107 Å². The summed E-state index contributed by atoms with van der Waals surface area (Å²) in [6.07, 6.45) is 0. The fraction of sp³-hybridized carbons (Fsp3) is 0.636. The van der Waals surface area contributed by atoms with Gasteiger partial charge in [-0.2, -0.15) is 5.10 Å². The molecule has 1 saturated heterocycles. The van der Waals surface area contributed by atoms with Gasteiger partial charge >= 0.3 is 0 Å². The summed E-state index contributed by atoms with van der Waals surface area (Å²) in [6, 6.07) is 1.88. The lowest BCUT2D eigenvalue weighted by atomic mass is 9.88. The number of aromatic nitrogens is 2. The minimum Gasteiger partial charge on any atom is -0.316 e. The lowest BCUT2D eigenvalue weighted by Gasteiger charge is -2.31. The van der Waals surface area contributed by atoms with Crippen molar-refractivity contribution >= 4 is 24.1 Å². The molecule has 17 heavy (non-hydrogen) atoms. The number of amides is 1. The Balaban J connectivity index is 0.00000144. The molecule has 0 radical (unpaired) electrons. The highest BCUT2D eigenvalue weighted by molar-refractivity contribution is 5.91. The fourth-order valence-electron chi connectivity index (χ4n) is 1.85. The van der Waals surface area contributed by atoms with Crippen LogP contribution in [-0.2, 0) is 11.8 Å². The van der Waals surface area contributed by atoms with Crippen LogP contribution in [0.3, 0.4) is 0 Å². The van der Waals surface area contributed by atoms with E-state index in [1.165, 1.54) is 0 Å². The van der Waals surface area contributed by atoms with Gasteiger partial charge in [0, 0.05) is 19.0 Å². The molecule has 1 unspecified atom stereocenters. The first kappa shape index (κ1) is 14.0. The summed E-state index contributed by atoms with van der Waals surface area (Å²) in [5, 5.41) is 10.3. The molecule has 1 aromatic rings. The topological polar surface area (TPSA) is 59.0 Å². The number of hydrogen-bond donors (Lipinski definition) is 2. The van der Waals surface area contributed by atoms with Crippen LogP contribution in [0.5, 0.6) is 0 Å². The molecule has 1 aliphatic rings. The molecule has 1 aliphatic heterocycles. The van der Waals surface area contributed by atoms with Crippen molar-refractivity contribution in [1.29, 1.82) is 0 Å². The Bertz CT molecular complexity index is 400. The van der Waals surface area contributed by atoms with Gasteiger partial charge in [0.25, 0.3) is 0 Å². The van der Waals surface area contributed by atoms with E-state index in [0.717, 1.165) is 24.6 Å². The first-order valence-corrected chi connectivity index (χ1v) is 5.60. The molecule has 5 nitrogen and oxygen atoms in total. The summed E-state index contributed by atoms with van der Waals surface area (Å²) < 4.78 is 1.69. The van der Waals surface area contributed by atoms with Crippen molar-refractivity contribution < 1.29 is 4.79 Å². The van der Waals surface area contributed by atoms with Gasteiger partial charge in [0.2, 0.25) is 5.91 Å². The quantitative estimate of drug-likeness (QED) is 0.849. The second-order valence-corrected chi connectivity index (χ2v) is 4.49. The molecule has 0 spiro atoms. The summed E-state index contributed by atoms with van der Waals surface area (Å²) in [4.78, 5) is 11.9. The molecular weight excluding hydrogens is 240 g/mol. The van der Waals surface area contributed by atoms with Crippen molar-refractivity contribution in [2.45, 2.75) is 13.8 Å². The highest BCUT2D eigenvalue weighted by Gasteiger charge is 2.28. The molecule has 96 valence electrons. The van der Waals surface area contributed by atoms with Crippen LogP contribution in [0.2, 0.25) is 0 Å². The predicted octanol–water partition coefficient (Wildman–Crippen LogP) is 0.944. The summed E-state index contributed by atoms with van der Waals surface area (Å²) in [5.41, 5.74) is 0.913. The Morgan fingerprint density at radius 3 is 2.71 bits per heavy atom. The van der Waals surface area contributed by atoms with Gasteiger partial charge in [0.15, 0.2) is 0 Å². The van der Waals surface area contributed by atoms with E-state index in [2.05, 4.69) is 15.7 Å². The maximum absolute atomic E-state index is 11.9. The molecule has 0 bridgehead atoms. The van der Waals surface area contributed by atoms with E-state index < -0.39 is 0 Å². The number of halogens is 1. The lowest BCUT2D eigenvalue weighted by molar-refractivity contribution is -0.121. The van der Waals surface area contributed by atoms with E-state index in [1.807, 2.05) is 27.0 Å². The number of anilines is 1. The number of carbonyl (C=O) groups excluding carboxylic acids is 1. The Hall–Kier alpha value is -1.07. The predicted molar refractivity (Wildman–Crippen MR) is 69.3 cm³/mol. The van der Waals surface area contributed by atoms with Crippen molar-refractivity contribution in [3.63, 3.8) is 0 Å². The zero-order valence-corrected chi connectivity index (χ0v) is 11.2. The van der Waals surface area contributed by atoms with Crippen LogP contribution in [0.1, 0.15) is 12.6 Å². The van der Waals surface area contributed by atoms with Crippen LogP contribution in [0.4, 0.5) is 5.82 Å². The average Bonchev–Trinajstić information content (AvgIpc) is 2.42. The molecule has 1 amide bonds. The molecule has 0 aliphatic carbocycles. The second-order valence-electron chi connectivity index (χ2n) is 4.49. The number of nitrogens with zero attached hydrogens (tertiary/aromatic N) is 2. The fourth-order valence-corrected chi connectivity index (χ4v) is 1.85. The molecule has 2 N–H and O–H groups in total. The Morgan fingerprint density at radius 1 is 1.65 bits per heavy atom. The first-order valence-electron chi connectivity index (χ1n) is 5.60. The minimum atomic E-state index is 0. The Kier molecular flexibility index (Phi) is 4.54. The van der Waals surface area contributed by atoms with Crippen LogP contribution >= 0.6 is 12.4 Å². The number of hydrogen-bond acceptors (Lipinski definition) is 3. The molecule has 1 aromatic heterocycles. The zero-order chi connectivity index (χ0) is 11.7. The third kappa shape index (κ3) is 2.98. The molecule has 0 aromatic carbocycles. The van der Waals surface area contributed by atoms with Gasteiger partial charge in [0.05, 0.1) is 5.69 Å². The number of aryl methyl sites for hydroxylation is 2. The van der Waals surface area contributed by atoms with E-state index in [1.54, 1.807) is 4.68 Å². The van der Waals surface area contributed by atoms with Crippen LogP contribution in [0, 0.1) is 18.8 Å². The van der Waals surface area contributed by atoms with Crippen LogP contribution < -0.4 is 10.6 Å². The van der Waals surface area contributed by atoms with Gasteiger partial charge in [-0.05, 0) is 25.9 Å². The van der Waals surface area contributed by atoms with Crippen LogP contribution in [0.15, 0.2) is 6.07 Å². The van der Waals surface area contributed by atoms with E-state index in [-0.39, 0.29) is 24.2 Å². The summed E-state index contributed by atoms with van der Waals surface area (Å²) in [5.74, 6) is 1.36. The first-order chi connectivity index (χ1) is 7.58. The number of rotatable bonds is 3. The van der Waals surface area contributed by atoms with E-state index in [9.17, 15) is 4.79 Å². The number of nitrogens with one attached hydrogen (secondary N) is 2. The molecule has 6 heteroatoms. The molecule has 1 fully saturated rings. The monoisotopic (exact) mass is 258 g/mol. The molecular formula is C11H19ClN4O. The van der Waals surface area contributed by atoms with Crippen molar-refractivity contribution in [3.05, 3.63) is 11.8 Å². The van der Waals surface area contributed by atoms with Gasteiger partial charge < -0.3 is 10.6 Å². The summed E-state index contributed by atoms with van der Waals surface area (Å²) in [6.45, 7) is 5.77. The van der Waals surface area contributed by atoms with Crippen molar-refractivity contribution in [2.75, 3.05) is 18.4 Å². The third-order valence-electron chi connectivity index (χ3n) is 3.19. The molecule has 1 atom stereocenters. The lowest BCUT2D eigenvalue weighted by Crippen LogP contribution is -2.48. The Morgan fingerprint density at radius 2 is 2.29 bits per heavy atom. The second kappa shape index (κ2) is 5.51. The molecule has 2 rings (SSSR count). The van der Waals surface area contributed by atoms with Crippen molar-refractivity contribution in [1.82, 2.24) is 15.1 Å². The summed E-state index contributed by atoms with van der Waals surface area (Å²) >= 11 is 0. The summed E-state index contributed by atoms with van der Waals surface area (Å²) in [7, 11) is 1.83. The highest BCUT2D eigenvalue weighted by atomic mass is 35.5. The van der Waals surface area contributed by atoms with E-state index in [0.29, 0.717) is 5.92 Å². The third-order valence-corrected chi connectivity index (χ3v) is 3.19. The number of carbonyl (C=O) groups is 1. The van der Waals surface area contributed by atoms with E-state index in [4.69, 9.17) is 0 Å². The van der Waals surface area contributed by atoms with Crippen LogP contribution in [0.25, 0.3) is 0 Å². The molecule has 2 heterocycles. The molecule has 0 saturated carbocycles. The minimum absolute atomic E-state index is 0. The van der Waals surface area contributed by atoms with Gasteiger partial charge in [-0.1, -0.05) is 6.92 Å². The van der Waals surface area contributed by atoms with Crippen LogP contribution in [-0.4, -0.2) is 28.8 Å². The van der Waals surface area contributed by atoms with Crippen molar-refractivity contribution in [3.8, 4) is 0 Å². The normalized spacial score (nSPS) is 16.9. The van der Waals surface area contributed by atoms with Crippen molar-refractivity contribution in [2.24, 2.45) is 18.9 Å². The highest BCUT2D eigenvalue weighted by Crippen LogP contribution is 2.18.